The lowest BCUT2D eigenvalue weighted by Gasteiger charge is -2.20. The number of aliphatic hydroxyl groups is 2. The van der Waals surface area contributed by atoms with Crippen molar-refractivity contribution in [3.63, 3.8) is 0 Å². The molecule has 0 saturated heterocycles. The van der Waals surface area contributed by atoms with Crippen molar-refractivity contribution < 1.29 is 24.5 Å². The second kappa shape index (κ2) is 73.5. The second-order valence-corrected chi connectivity index (χ2v) is 26.3. The minimum atomic E-state index is -0.845. The fourth-order valence-corrected chi connectivity index (χ4v) is 12.1. The first-order valence-corrected chi connectivity index (χ1v) is 38.3. The van der Waals surface area contributed by atoms with E-state index in [0.29, 0.717) is 19.4 Å². The van der Waals surface area contributed by atoms with Gasteiger partial charge in [0.2, 0.25) is 5.91 Å². The van der Waals surface area contributed by atoms with Crippen LogP contribution in [-0.4, -0.2) is 47.4 Å². The predicted octanol–water partition coefficient (Wildman–Crippen LogP) is 25.0. The molecule has 84 heavy (non-hydrogen) atoms. The van der Waals surface area contributed by atoms with Crippen molar-refractivity contribution in [3.05, 3.63) is 36.5 Å². The molecule has 0 aliphatic heterocycles. The normalized spacial score (nSPS) is 12.7. The SMILES string of the molecule is CCCCCCCCCCCCCCCCCCCCCC/C=C/C(O)C(CO)NC(=O)CCCCCCCCCCCCCCCCCCC/C=C\C/C=C\CCCCCCCCCCCOC(=O)CCCCCCCCCCCCCC. The highest BCUT2D eigenvalue weighted by molar-refractivity contribution is 5.76. The Balaban J connectivity index is 3.40. The summed E-state index contributed by atoms with van der Waals surface area (Å²) in [6, 6.07) is -0.628. The van der Waals surface area contributed by atoms with Gasteiger partial charge < -0.3 is 20.3 Å². The van der Waals surface area contributed by atoms with Crippen molar-refractivity contribution in [3.8, 4) is 0 Å². The summed E-state index contributed by atoms with van der Waals surface area (Å²) in [6.07, 6.45) is 95.4. The van der Waals surface area contributed by atoms with E-state index in [-0.39, 0.29) is 18.5 Å². The van der Waals surface area contributed by atoms with Crippen LogP contribution in [0.2, 0.25) is 0 Å². The molecule has 0 fully saturated rings. The molecule has 2 atom stereocenters. The number of aliphatic hydroxyl groups excluding tert-OH is 2. The molecule has 1 amide bonds. The molecule has 496 valence electrons. The first-order chi connectivity index (χ1) is 41.5. The van der Waals surface area contributed by atoms with Crippen LogP contribution >= 0.6 is 0 Å². The second-order valence-electron chi connectivity index (χ2n) is 26.3. The number of unbranched alkanes of at least 4 members (excludes halogenated alkanes) is 57. The first-order valence-electron chi connectivity index (χ1n) is 38.3. The van der Waals surface area contributed by atoms with Crippen LogP contribution in [0.15, 0.2) is 36.5 Å². The van der Waals surface area contributed by atoms with Gasteiger partial charge in [0.05, 0.1) is 25.4 Å². The van der Waals surface area contributed by atoms with Crippen LogP contribution in [0.3, 0.4) is 0 Å². The quantitative estimate of drug-likeness (QED) is 0.0320. The van der Waals surface area contributed by atoms with Crippen molar-refractivity contribution >= 4 is 11.9 Å². The molecule has 0 rings (SSSR count). The van der Waals surface area contributed by atoms with Crippen molar-refractivity contribution in [1.82, 2.24) is 5.32 Å². The Morgan fingerprint density at radius 3 is 0.905 bits per heavy atom. The van der Waals surface area contributed by atoms with E-state index in [1.807, 2.05) is 6.08 Å². The first kappa shape index (κ1) is 82.1. The lowest BCUT2D eigenvalue weighted by Crippen LogP contribution is -2.45. The Kier molecular flexibility index (Phi) is 71.9. The van der Waals surface area contributed by atoms with E-state index in [4.69, 9.17) is 4.74 Å². The maximum absolute atomic E-state index is 12.5. The third kappa shape index (κ3) is 69.2. The Hall–Kier alpha value is -1.92. The van der Waals surface area contributed by atoms with E-state index in [2.05, 4.69) is 43.5 Å². The van der Waals surface area contributed by atoms with E-state index in [1.54, 1.807) is 6.08 Å². The summed E-state index contributed by atoms with van der Waals surface area (Å²) in [7, 11) is 0. The number of amides is 1. The highest BCUT2D eigenvalue weighted by Gasteiger charge is 2.18. The van der Waals surface area contributed by atoms with Gasteiger partial charge in [0, 0.05) is 12.8 Å². The molecule has 3 N–H and O–H groups in total. The van der Waals surface area contributed by atoms with Crippen LogP contribution in [-0.2, 0) is 14.3 Å². The van der Waals surface area contributed by atoms with Gasteiger partial charge in [-0.1, -0.05) is 384 Å². The van der Waals surface area contributed by atoms with E-state index in [0.717, 1.165) is 44.9 Å². The molecule has 0 radical (unpaired) electrons. The summed E-state index contributed by atoms with van der Waals surface area (Å²) in [5, 5.41) is 23.3. The van der Waals surface area contributed by atoms with Gasteiger partial charge in [-0.25, -0.2) is 0 Å². The van der Waals surface area contributed by atoms with Gasteiger partial charge in [-0.15, -0.1) is 0 Å². The van der Waals surface area contributed by atoms with Gasteiger partial charge in [-0.2, -0.15) is 0 Å². The number of carbonyl (C=O) groups excluding carboxylic acids is 2. The van der Waals surface area contributed by atoms with E-state index in [9.17, 15) is 19.8 Å². The smallest absolute Gasteiger partial charge is 0.305 e. The zero-order chi connectivity index (χ0) is 60.6. The Bertz CT molecular complexity index is 1360. The molecule has 6 heteroatoms. The number of ether oxygens (including phenoxy) is 1. The number of rotatable bonds is 72. The third-order valence-corrected chi connectivity index (χ3v) is 17.9. The fourth-order valence-electron chi connectivity index (χ4n) is 12.1. The van der Waals surface area contributed by atoms with Gasteiger partial charge in [0.25, 0.3) is 0 Å². The van der Waals surface area contributed by atoms with Crippen molar-refractivity contribution in [1.29, 1.82) is 0 Å². The minimum absolute atomic E-state index is 0.0152. The Morgan fingerprint density at radius 2 is 0.595 bits per heavy atom. The van der Waals surface area contributed by atoms with E-state index >= 15 is 0 Å². The number of carbonyl (C=O) groups is 2. The number of hydrogen-bond donors (Lipinski definition) is 3. The van der Waals surface area contributed by atoms with Gasteiger partial charge in [-0.3, -0.25) is 9.59 Å². The predicted molar refractivity (Wildman–Crippen MR) is 370 cm³/mol. The fraction of sp³-hybridized carbons (Fsp3) is 0.897. The summed E-state index contributed by atoms with van der Waals surface area (Å²) in [4.78, 5) is 24.6. The van der Waals surface area contributed by atoms with Crippen LogP contribution < -0.4 is 5.32 Å². The Morgan fingerprint density at radius 1 is 0.333 bits per heavy atom. The molecule has 0 aromatic carbocycles. The molecule has 0 heterocycles. The summed E-state index contributed by atoms with van der Waals surface area (Å²) in [5.41, 5.74) is 0. The zero-order valence-corrected chi connectivity index (χ0v) is 56.9. The average Bonchev–Trinajstić information content (AvgIpc) is 3.50. The highest BCUT2D eigenvalue weighted by atomic mass is 16.5. The van der Waals surface area contributed by atoms with Crippen LogP contribution in [0.1, 0.15) is 425 Å². The zero-order valence-electron chi connectivity index (χ0n) is 56.9. The molecular weight excluding hydrogens is 1030 g/mol. The number of esters is 1. The van der Waals surface area contributed by atoms with Gasteiger partial charge >= 0.3 is 5.97 Å². The van der Waals surface area contributed by atoms with Gasteiger partial charge in [0.1, 0.15) is 0 Å². The number of allylic oxidation sites excluding steroid dienone is 5. The van der Waals surface area contributed by atoms with Crippen molar-refractivity contribution in [2.75, 3.05) is 13.2 Å². The molecule has 0 spiro atoms. The standard InChI is InChI=1S/C78H149NO5/c1-3-5-7-9-11-13-15-17-18-19-20-21-35-38-41-44-47-50-54-58-62-66-70-76(81)75(74-80)79-77(82)71-67-63-59-55-51-48-45-42-39-36-33-31-29-27-25-23-22-24-26-28-30-32-34-37-40-43-46-49-53-57-61-65-69-73-84-78(83)72-68-64-60-56-52-16-14-12-10-8-6-4-2/h26,28,32,34,66,70,75-76,80-81H,3-25,27,29-31,33,35-65,67-69,71-74H2,1-2H3,(H,79,82)/b28-26-,34-32-,70-66+. The van der Waals surface area contributed by atoms with E-state index in [1.165, 1.54) is 353 Å². The number of nitrogens with one attached hydrogen (secondary N) is 1. The highest BCUT2D eigenvalue weighted by Crippen LogP contribution is 2.19. The van der Waals surface area contributed by atoms with Crippen LogP contribution in [0.25, 0.3) is 0 Å². The maximum atomic E-state index is 12.5. The lowest BCUT2D eigenvalue weighted by atomic mass is 10.0. The van der Waals surface area contributed by atoms with Gasteiger partial charge in [-0.05, 0) is 64.2 Å². The molecule has 0 aromatic rings. The molecule has 0 aliphatic carbocycles. The molecule has 2 unspecified atom stereocenters. The largest absolute Gasteiger partial charge is 0.466 e. The average molecular weight is 1180 g/mol. The molecule has 6 nitrogen and oxygen atoms in total. The molecule has 0 bridgehead atoms. The minimum Gasteiger partial charge on any atom is -0.466 e. The summed E-state index contributed by atoms with van der Waals surface area (Å²) in [5.74, 6) is -0.0465. The summed E-state index contributed by atoms with van der Waals surface area (Å²) < 4.78 is 5.48. The third-order valence-electron chi connectivity index (χ3n) is 17.9. The van der Waals surface area contributed by atoms with Gasteiger partial charge in [0.15, 0.2) is 0 Å². The van der Waals surface area contributed by atoms with Crippen LogP contribution in [0, 0.1) is 0 Å². The van der Waals surface area contributed by atoms with Crippen LogP contribution in [0.5, 0.6) is 0 Å². The molecule has 0 aliphatic rings. The molecular formula is C78H149NO5. The topological polar surface area (TPSA) is 95.9 Å². The lowest BCUT2D eigenvalue weighted by molar-refractivity contribution is -0.143. The number of hydrogen-bond acceptors (Lipinski definition) is 5. The van der Waals surface area contributed by atoms with Crippen molar-refractivity contribution in [2.24, 2.45) is 0 Å². The van der Waals surface area contributed by atoms with Crippen LogP contribution in [0.4, 0.5) is 0 Å². The Labute approximate surface area is 525 Å². The summed E-state index contributed by atoms with van der Waals surface area (Å²) >= 11 is 0. The molecule has 0 saturated carbocycles. The monoisotopic (exact) mass is 1180 g/mol. The maximum Gasteiger partial charge on any atom is 0.305 e. The van der Waals surface area contributed by atoms with E-state index < -0.39 is 12.1 Å². The van der Waals surface area contributed by atoms with Crippen molar-refractivity contribution in [2.45, 2.75) is 437 Å². The summed E-state index contributed by atoms with van der Waals surface area (Å²) in [6.45, 7) is 4.94. The molecule has 0 aromatic heterocycles.